The van der Waals surface area contributed by atoms with Crippen molar-refractivity contribution in [3.63, 3.8) is 0 Å². The number of ether oxygens (including phenoxy) is 5. The van der Waals surface area contributed by atoms with Crippen molar-refractivity contribution in [1.82, 2.24) is 10.3 Å². The van der Waals surface area contributed by atoms with Crippen LogP contribution >= 0.6 is 0 Å². The predicted octanol–water partition coefficient (Wildman–Crippen LogP) is 5.68. The number of methoxy groups -OCH3 is 1. The van der Waals surface area contributed by atoms with Crippen LogP contribution in [0, 0.1) is 0 Å². The molecule has 3 aliphatic rings. The molecule has 0 atom stereocenters. The van der Waals surface area contributed by atoms with E-state index >= 15 is 0 Å². The number of hydrogen-bond donors (Lipinski definition) is 2. The Balaban J connectivity index is 0.000000248. The lowest BCUT2D eigenvalue weighted by atomic mass is 9.78. The maximum absolute atomic E-state index is 11.2. The van der Waals surface area contributed by atoms with Crippen molar-refractivity contribution in [1.29, 1.82) is 0 Å². The molecule has 0 radical (unpaired) electrons. The molecule has 1 aromatic heterocycles. The van der Waals surface area contributed by atoms with Crippen LogP contribution in [0.4, 0.5) is 0 Å². The van der Waals surface area contributed by atoms with Crippen molar-refractivity contribution < 1.29 is 33.6 Å². The van der Waals surface area contributed by atoms with Crippen LogP contribution in [0.3, 0.4) is 0 Å². The molecule has 1 fully saturated rings. The van der Waals surface area contributed by atoms with Crippen LogP contribution in [0.1, 0.15) is 53.6 Å². The number of aldehydes is 1. The summed E-state index contributed by atoms with van der Waals surface area (Å²) < 4.78 is 27.2. The van der Waals surface area contributed by atoms with E-state index in [2.05, 4.69) is 28.5 Å². The zero-order chi connectivity index (χ0) is 31.1. The van der Waals surface area contributed by atoms with Crippen LogP contribution in [0.2, 0.25) is 0 Å². The molecular formula is C36H40N2O7. The van der Waals surface area contributed by atoms with Gasteiger partial charge >= 0.3 is 0 Å². The Morgan fingerprint density at radius 2 is 1.58 bits per heavy atom. The first-order chi connectivity index (χ1) is 22.0. The van der Waals surface area contributed by atoms with Crippen LogP contribution in [-0.2, 0) is 13.0 Å². The molecule has 9 nitrogen and oxygen atoms in total. The van der Waals surface area contributed by atoms with Crippen LogP contribution in [0.5, 0.6) is 28.7 Å². The third-order valence-corrected chi connectivity index (χ3v) is 8.72. The zero-order valence-electron chi connectivity index (χ0n) is 25.6. The molecule has 0 saturated heterocycles. The summed E-state index contributed by atoms with van der Waals surface area (Å²) in [7, 11) is 1.68. The van der Waals surface area contributed by atoms with Gasteiger partial charge in [-0.15, -0.1) is 0 Å². The van der Waals surface area contributed by atoms with Gasteiger partial charge < -0.3 is 34.1 Å². The largest absolute Gasteiger partial charge is 0.497 e. The number of nitrogens with zero attached hydrogens (tertiary/aromatic N) is 1. The summed E-state index contributed by atoms with van der Waals surface area (Å²) in [6.45, 7) is 3.14. The van der Waals surface area contributed by atoms with Gasteiger partial charge in [-0.25, -0.2) is 0 Å². The van der Waals surface area contributed by atoms with Crippen molar-refractivity contribution in [2.75, 3.05) is 33.5 Å². The molecular weight excluding hydrogens is 572 g/mol. The normalized spacial score (nSPS) is 20.1. The number of carbonyl (C=O) groups excluding carboxylic acids is 1. The first kappa shape index (κ1) is 30.7. The van der Waals surface area contributed by atoms with E-state index in [1.165, 1.54) is 11.1 Å². The topological polar surface area (TPSA) is 108 Å². The molecule has 3 aromatic carbocycles. The number of aliphatic hydroxyl groups is 1. The quantitative estimate of drug-likeness (QED) is 0.243. The number of pyridine rings is 1. The highest BCUT2D eigenvalue weighted by atomic mass is 16.6. The molecule has 0 bridgehead atoms. The molecule has 45 heavy (non-hydrogen) atoms. The second-order valence-electron chi connectivity index (χ2n) is 11.7. The van der Waals surface area contributed by atoms with Gasteiger partial charge in [0, 0.05) is 29.7 Å². The Kier molecular flexibility index (Phi) is 9.66. The fraction of sp³-hybridized carbons (Fsp3) is 0.389. The van der Waals surface area contributed by atoms with Gasteiger partial charge in [-0.2, -0.15) is 0 Å². The van der Waals surface area contributed by atoms with Gasteiger partial charge in [-0.1, -0.05) is 6.07 Å². The molecule has 0 spiro atoms. The van der Waals surface area contributed by atoms with E-state index in [0.29, 0.717) is 49.5 Å². The Bertz CT molecular complexity index is 1620. The number of benzene rings is 3. The van der Waals surface area contributed by atoms with E-state index in [9.17, 15) is 9.90 Å². The summed E-state index contributed by atoms with van der Waals surface area (Å²) in [5.74, 6) is 3.87. The third kappa shape index (κ3) is 7.67. The van der Waals surface area contributed by atoms with Crippen LogP contribution in [-0.4, -0.2) is 61.6 Å². The lowest BCUT2D eigenvalue weighted by Crippen LogP contribution is -2.41. The van der Waals surface area contributed by atoms with E-state index in [0.717, 1.165) is 79.5 Å². The van der Waals surface area contributed by atoms with Crippen molar-refractivity contribution in [2.45, 2.75) is 56.7 Å². The van der Waals surface area contributed by atoms with E-state index in [-0.39, 0.29) is 0 Å². The minimum Gasteiger partial charge on any atom is -0.497 e. The molecule has 0 amide bonds. The van der Waals surface area contributed by atoms with E-state index in [1.807, 2.05) is 30.5 Å². The SMILES string of the molecule is COc1ccc2nccc(CCC3(O)CCC(NCc4ccc5c(c4)OCCO5)CC3)c2c1.O=Cc1ccc2c(c1)OCCO2. The molecule has 2 N–H and O–H groups in total. The highest BCUT2D eigenvalue weighted by molar-refractivity contribution is 5.83. The Labute approximate surface area is 263 Å². The summed E-state index contributed by atoms with van der Waals surface area (Å²) in [6.07, 6.45) is 7.83. The average molecular weight is 613 g/mol. The fourth-order valence-corrected chi connectivity index (χ4v) is 6.10. The van der Waals surface area contributed by atoms with Crippen LogP contribution < -0.4 is 29.0 Å². The number of aryl methyl sites for hydroxylation is 1. The standard InChI is InChI=1S/C27H32N2O4.C9H8O3/c1-31-22-3-4-24-23(17-22)20(9-13-28-24)6-10-27(30)11-7-21(8-12-27)29-18-19-2-5-25-26(16-19)33-15-14-32-25;10-6-7-1-2-8-9(5-7)12-4-3-11-8/h2-5,9,13,16-17,21,29-30H,6-8,10-12,14-15,18H2,1H3;1-2,5-6H,3-4H2. The minimum atomic E-state index is -0.608. The van der Waals surface area contributed by atoms with Crippen molar-refractivity contribution in [3.8, 4) is 28.7 Å². The number of carbonyl (C=O) groups is 1. The molecule has 4 aromatic rings. The highest BCUT2D eigenvalue weighted by Gasteiger charge is 2.33. The number of aromatic nitrogens is 1. The lowest BCUT2D eigenvalue weighted by molar-refractivity contribution is -0.0107. The Morgan fingerprint density at radius 3 is 2.29 bits per heavy atom. The second-order valence-corrected chi connectivity index (χ2v) is 11.7. The number of nitrogens with one attached hydrogen (secondary N) is 1. The maximum atomic E-state index is 11.2. The third-order valence-electron chi connectivity index (χ3n) is 8.72. The van der Waals surface area contributed by atoms with Gasteiger partial charge in [0.25, 0.3) is 0 Å². The molecule has 3 heterocycles. The van der Waals surface area contributed by atoms with E-state index in [1.54, 1.807) is 25.3 Å². The van der Waals surface area contributed by atoms with Crippen molar-refractivity contribution in [2.24, 2.45) is 0 Å². The molecule has 0 unspecified atom stereocenters. The monoisotopic (exact) mass is 612 g/mol. The van der Waals surface area contributed by atoms with E-state index in [4.69, 9.17) is 23.7 Å². The zero-order valence-corrected chi connectivity index (χ0v) is 25.6. The maximum Gasteiger partial charge on any atom is 0.162 e. The molecule has 2 aliphatic heterocycles. The highest BCUT2D eigenvalue weighted by Crippen LogP contribution is 2.35. The number of hydrogen-bond acceptors (Lipinski definition) is 9. The fourth-order valence-electron chi connectivity index (χ4n) is 6.10. The minimum absolute atomic E-state index is 0.421. The Morgan fingerprint density at radius 1 is 0.889 bits per heavy atom. The lowest BCUT2D eigenvalue weighted by Gasteiger charge is -2.36. The summed E-state index contributed by atoms with van der Waals surface area (Å²) in [4.78, 5) is 14.9. The first-order valence-corrected chi connectivity index (χ1v) is 15.6. The Hall–Kier alpha value is -4.34. The van der Waals surface area contributed by atoms with Gasteiger partial charge in [0.15, 0.2) is 23.0 Å². The summed E-state index contributed by atoms with van der Waals surface area (Å²) >= 11 is 0. The van der Waals surface area contributed by atoms with Gasteiger partial charge in [-0.3, -0.25) is 9.78 Å². The second kappa shape index (κ2) is 14.2. The van der Waals surface area contributed by atoms with Gasteiger partial charge in [0.2, 0.25) is 0 Å². The van der Waals surface area contributed by atoms with Gasteiger partial charge in [0.1, 0.15) is 38.5 Å². The molecule has 1 saturated carbocycles. The van der Waals surface area contributed by atoms with E-state index < -0.39 is 5.60 Å². The first-order valence-electron chi connectivity index (χ1n) is 15.6. The molecule has 9 heteroatoms. The van der Waals surface area contributed by atoms with Crippen molar-refractivity contribution >= 4 is 17.2 Å². The molecule has 7 rings (SSSR count). The van der Waals surface area contributed by atoms with Crippen LogP contribution in [0.25, 0.3) is 10.9 Å². The van der Waals surface area contributed by atoms with Crippen LogP contribution in [0.15, 0.2) is 66.9 Å². The molecule has 1 aliphatic carbocycles. The van der Waals surface area contributed by atoms with Gasteiger partial charge in [-0.05, 0) is 104 Å². The summed E-state index contributed by atoms with van der Waals surface area (Å²) in [5.41, 5.74) is 3.38. The smallest absolute Gasteiger partial charge is 0.162 e. The van der Waals surface area contributed by atoms with Gasteiger partial charge in [0.05, 0.1) is 18.2 Å². The number of rotatable bonds is 8. The van der Waals surface area contributed by atoms with Crippen molar-refractivity contribution in [3.05, 3.63) is 83.6 Å². The number of fused-ring (bicyclic) bond motifs is 3. The average Bonchev–Trinajstić information content (AvgIpc) is 3.10. The predicted molar refractivity (Wildman–Crippen MR) is 171 cm³/mol. The summed E-state index contributed by atoms with van der Waals surface area (Å²) in [6, 6.07) is 19.7. The summed E-state index contributed by atoms with van der Waals surface area (Å²) in [5, 5.41) is 16.0. The molecule has 236 valence electrons.